The van der Waals surface area contributed by atoms with Crippen molar-refractivity contribution in [3.63, 3.8) is 0 Å². The summed E-state index contributed by atoms with van der Waals surface area (Å²) in [5, 5.41) is 16.4. The SMILES string of the molecule is C=C[C@]1(C(=O)NS(=O)(=O)C2CC2)C/C=C\CCCC(O)N[C@@H](CC(=O)OC)C(=O)N2C[C@H](Oc3cc(-c4ccccc4)nc4cc(OC)ccc34)C[C@H]2C(=O)N1. The van der Waals surface area contributed by atoms with Gasteiger partial charge in [0.25, 0.3) is 5.91 Å². The van der Waals surface area contributed by atoms with Gasteiger partial charge in [-0.15, -0.1) is 6.58 Å². The highest BCUT2D eigenvalue weighted by Crippen LogP contribution is 2.35. The van der Waals surface area contributed by atoms with Crippen molar-refractivity contribution in [3.8, 4) is 22.8 Å². The number of benzene rings is 2. The van der Waals surface area contributed by atoms with Gasteiger partial charge in [0.2, 0.25) is 21.8 Å². The Kier molecular flexibility index (Phi) is 12.4. The molecule has 15 nitrogen and oxygen atoms in total. The van der Waals surface area contributed by atoms with Crippen LogP contribution in [-0.2, 0) is 33.9 Å². The first-order valence-corrected chi connectivity index (χ1v) is 20.1. The average Bonchev–Trinajstić information content (AvgIpc) is 3.98. The first-order valence-electron chi connectivity index (χ1n) is 18.6. The lowest BCUT2D eigenvalue weighted by Gasteiger charge is -2.33. The number of hydrogen-bond acceptors (Lipinski definition) is 12. The van der Waals surface area contributed by atoms with Crippen molar-refractivity contribution in [2.24, 2.45) is 0 Å². The molecule has 2 aromatic carbocycles. The molecular weight excluding hydrogens is 743 g/mol. The fraction of sp³-hybridized carbons (Fsp3) is 0.425. The zero-order valence-electron chi connectivity index (χ0n) is 31.3. The number of nitrogens with zero attached hydrogens (tertiary/aromatic N) is 2. The van der Waals surface area contributed by atoms with E-state index >= 15 is 0 Å². The number of allylic oxidation sites excluding steroid dienone is 1. The number of rotatable bonds is 10. The van der Waals surface area contributed by atoms with Gasteiger partial charge in [-0.1, -0.05) is 48.6 Å². The van der Waals surface area contributed by atoms with Crippen LogP contribution in [-0.4, -0.2) is 103 Å². The number of carbonyl (C=O) groups is 4. The number of nitrogens with one attached hydrogen (secondary N) is 3. The number of aliphatic hydroxyl groups is 1. The normalized spacial score (nSPS) is 25.5. The Balaban J connectivity index is 1.39. The number of sulfonamides is 1. The molecule has 5 atom stereocenters. The van der Waals surface area contributed by atoms with E-state index in [0.29, 0.717) is 53.8 Å². The first-order chi connectivity index (χ1) is 26.9. The molecule has 2 fully saturated rings. The number of methoxy groups -OCH3 is 2. The summed E-state index contributed by atoms with van der Waals surface area (Å²) in [4.78, 5) is 61.4. The molecule has 1 saturated carbocycles. The number of carbonyl (C=O) groups excluding carboxylic acids is 4. The zero-order valence-corrected chi connectivity index (χ0v) is 32.1. The number of aliphatic hydroxyl groups excluding tert-OH is 1. The molecule has 298 valence electrons. The van der Waals surface area contributed by atoms with E-state index in [9.17, 15) is 32.7 Å². The predicted octanol–water partition coefficient (Wildman–Crippen LogP) is 2.88. The second-order valence-corrected chi connectivity index (χ2v) is 16.2. The monoisotopic (exact) mass is 789 g/mol. The molecule has 6 rings (SSSR count). The van der Waals surface area contributed by atoms with Crippen molar-refractivity contribution in [1.29, 1.82) is 0 Å². The lowest BCUT2D eigenvalue weighted by atomic mass is 9.93. The van der Waals surface area contributed by atoms with Gasteiger partial charge < -0.3 is 29.5 Å². The van der Waals surface area contributed by atoms with Gasteiger partial charge in [-0.05, 0) is 44.2 Å². The Morgan fingerprint density at radius 3 is 2.55 bits per heavy atom. The second-order valence-electron chi connectivity index (χ2n) is 14.2. The van der Waals surface area contributed by atoms with Crippen molar-refractivity contribution in [2.45, 2.75) is 86.6 Å². The smallest absolute Gasteiger partial charge is 0.307 e. The van der Waals surface area contributed by atoms with Gasteiger partial charge in [0.15, 0.2) is 0 Å². The van der Waals surface area contributed by atoms with Gasteiger partial charge in [-0.25, -0.2) is 13.4 Å². The van der Waals surface area contributed by atoms with Gasteiger partial charge in [-0.3, -0.25) is 29.2 Å². The Morgan fingerprint density at radius 1 is 1.09 bits per heavy atom. The van der Waals surface area contributed by atoms with Crippen molar-refractivity contribution < 1.29 is 46.9 Å². The number of pyridine rings is 1. The summed E-state index contributed by atoms with van der Waals surface area (Å²) in [6, 6.07) is 14.0. The fourth-order valence-corrected chi connectivity index (χ4v) is 8.29. The molecular formula is C40H47N5O10S. The minimum Gasteiger partial charge on any atom is -0.497 e. The van der Waals surface area contributed by atoms with Crippen LogP contribution in [0.25, 0.3) is 22.2 Å². The van der Waals surface area contributed by atoms with E-state index in [1.54, 1.807) is 43.5 Å². The largest absolute Gasteiger partial charge is 0.497 e. The van der Waals surface area contributed by atoms with Crippen molar-refractivity contribution in [1.82, 2.24) is 25.2 Å². The van der Waals surface area contributed by atoms with Crippen molar-refractivity contribution in [3.05, 3.63) is 79.4 Å². The van der Waals surface area contributed by atoms with Crippen LogP contribution in [0, 0.1) is 0 Å². The van der Waals surface area contributed by atoms with Crippen LogP contribution in [0.5, 0.6) is 11.5 Å². The van der Waals surface area contributed by atoms with Gasteiger partial charge in [0, 0.05) is 35.9 Å². The highest BCUT2D eigenvalue weighted by atomic mass is 32.2. The number of aromatic nitrogens is 1. The van der Waals surface area contributed by atoms with Gasteiger partial charge in [-0.2, -0.15) is 0 Å². The lowest BCUT2D eigenvalue weighted by molar-refractivity contribution is -0.147. The van der Waals surface area contributed by atoms with Crippen LogP contribution in [0.15, 0.2) is 79.4 Å². The Labute approximate surface area is 325 Å². The summed E-state index contributed by atoms with van der Waals surface area (Å²) in [5.41, 5.74) is 0.0881. The van der Waals surface area contributed by atoms with E-state index in [1.807, 2.05) is 30.3 Å². The Morgan fingerprint density at radius 2 is 1.86 bits per heavy atom. The van der Waals surface area contributed by atoms with Crippen molar-refractivity contribution >= 4 is 44.6 Å². The number of fused-ring (bicyclic) bond motifs is 2. The molecule has 1 unspecified atom stereocenters. The van der Waals surface area contributed by atoms with E-state index in [4.69, 9.17) is 19.2 Å². The molecule has 3 aliphatic rings. The molecule has 0 radical (unpaired) electrons. The summed E-state index contributed by atoms with van der Waals surface area (Å²) in [6.45, 7) is 3.68. The summed E-state index contributed by atoms with van der Waals surface area (Å²) in [5.74, 6) is -2.17. The number of ether oxygens (including phenoxy) is 3. The minimum absolute atomic E-state index is 0.0588. The molecule has 0 bridgehead atoms. The molecule has 3 amide bonds. The summed E-state index contributed by atoms with van der Waals surface area (Å²) in [7, 11) is -1.28. The fourth-order valence-electron chi connectivity index (χ4n) is 6.92. The molecule has 56 heavy (non-hydrogen) atoms. The highest BCUT2D eigenvalue weighted by Gasteiger charge is 2.48. The van der Waals surface area contributed by atoms with E-state index in [0.717, 1.165) is 5.56 Å². The molecule has 1 aliphatic carbocycles. The molecule has 0 spiro atoms. The first kappa shape index (κ1) is 40.3. The van der Waals surface area contributed by atoms with Crippen molar-refractivity contribution in [2.75, 3.05) is 20.8 Å². The maximum Gasteiger partial charge on any atom is 0.307 e. The maximum atomic E-state index is 14.5. The molecule has 1 aromatic heterocycles. The maximum absolute atomic E-state index is 14.5. The third-order valence-electron chi connectivity index (χ3n) is 10.2. The molecule has 2 aliphatic heterocycles. The molecule has 4 N–H and O–H groups in total. The average molecular weight is 790 g/mol. The minimum atomic E-state index is -4.01. The number of amides is 3. The van der Waals surface area contributed by atoms with Gasteiger partial charge >= 0.3 is 5.97 Å². The quantitative estimate of drug-likeness (QED) is 0.173. The van der Waals surface area contributed by atoms with Crippen LogP contribution in [0.3, 0.4) is 0 Å². The third kappa shape index (κ3) is 9.20. The summed E-state index contributed by atoms with van der Waals surface area (Å²) < 4.78 is 44.9. The standard InChI is InChI=1S/C40H47N5O10S/c1-4-40(39(50)44-56(51,52)28-16-17-28)19-11-6-5-10-14-35(46)42-32(23-36(47)54-3)38(49)45-24-27(21-33(45)37(48)43-40)55-34-22-30(25-12-8-7-9-13-25)41-31-20-26(53-2)15-18-29(31)34/h4,6-9,11-13,15,18,20,22,27-28,32-33,35,42,46H,1,5,10,14,16-17,19,21,23-24H2,2-3H3,(H,43,48)(H,44,50)/b11-6-/t27-,32+,33+,35?,40-/m1/s1. The molecule has 1 saturated heterocycles. The molecule has 3 heterocycles. The lowest BCUT2D eigenvalue weighted by Crippen LogP contribution is -2.62. The zero-order chi connectivity index (χ0) is 40.0. The summed E-state index contributed by atoms with van der Waals surface area (Å²) >= 11 is 0. The van der Waals surface area contributed by atoms with Gasteiger partial charge in [0.1, 0.15) is 35.4 Å². The number of hydrogen-bond donors (Lipinski definition) is 4. The number of esters is 1. The highest BCUT2D eigenvalue weighted by molar-refractivity contribution is 7.91. The molecule has 16 heteroatoms. The van der Waals surface area contributed by atoms with E-state index in [-0.39, 0.29) is 25.8 Å². The summed E-state index contributed by atoms with van der Waals surface area (Å²) in [6.07, 6.45) is 3.89. The van der Waals surface area contributed by atoms with Gasteiger partial charge in [0.05, 0.1) is 49.7 Å². The van der Waals surface area contributed by atoms with E-state index in [1.165, 1.54) is 18.1 Å². The van der Waals surface area contributed by atoms with Crippen LogP contribution in [0.4, 0.5) is 0 Å². The second kappa shape index (κ2) is 17.2. The Bertz CT molecular complexity index is 2110. The van der Waals surface area contributed by atoms with Crippen LogP contribution in [0.1, 0.15) is 51.4 Å². The third-order valence-corrected chi connectivity index (χ3v) is 12.1. The Hall–Kier alpha value is -5.32. The predicted molar refractivity (Wildman–Crippen MR) is 207 cm³/mol. The van der Waals surface area contributed by atoms with E-state index < -0.39 is 75.3 Å². The molecule has 3 aromatic rings. The van der Waals surface area contributed by atoms with E-state index in [2.05, 4.69) is 21.9 Å². The topological polar surface area (TPSA) is 203 Å². The van der Waals surface area contributed by atoms with Crippen LogP contribution in [0.2, 0.25) is 0 Å². The van der Waals surface area contributed by atoms with Crippen LogP contribution >= 0.6 is 0 Å². The van der Waals surface area contributed by atoms with Crippen LogP contribution < -0.4 is 24.8 Å².